The molecule has 0 aliphatic heterocycles. The van der Waals surface area contributed by atoms with Crippen LogP contribution in [0.3, 0.4) is 0 Å². The number of fused-ring (bicyclic) bond motifs is 1. The van der Waals surface area contributed by atoms with E-state index >= 15 is 0 Å². The summed E-state index contributed by atoms with van der Waals surface area (Å²) in [5, 5.41) is 11.5. The molecule has 0 saturated carbocycles. The highest BCUT2D eigenvalue weighted by atomic mass is 16.5. The fourth-order valence-electron chi connectivity index (χ4n) is 3.44. The molecule has 0 saturated heterocycles. The van der Waals surface area contributed by atoms with E-state index in [0.717, 1.165) is 16.8 Å². The minimum absolute atomic E-state index is 0.126. The molecule has 3 aromatic heterocycles. The second-order valence-electron chi connectivity index (χ2n) is 7.60. The Morgan fingerprint density at radius 1 is 1.16 bits per heavy atom. The Balaban J connectivity index is 1.41. The Bertz CT molecular complexity index is 1260. The fourth-order valence-corrected chi connectivity index (χ4v) is 3.44. The maximum Gasteiger partial charge on any atom is 0.264 e. The van der Waals surface area contributed by atoms with E-state index < -0.39 is 0 Å². The summed E-state index contributed by atoms with van der Waals surface area (Å²) in [6, 6.07) is 8.04. The summed E-state index contributed by atoms with van der Waals surface area (Å²) < 4.78 is 8.29. The van der Waals surface area contributed by atoms with Crippen LogP contribution in [0, 0.1) is 20.8 Å². The second-order valence-corrected chi connectivity index (χ2v) is 7.60. The first kappa shape index (κ1) is 20.5. The molecule has 3 heterocycles. The van der Waals surface area contributed by atoms with Crippen molar-refractivity contribution >= 4 is 16.9 Å². The van der Waals surface area contributed by atoms with Crippen molar-refractivity contribution < 1.29 is 9.32 Å². The Labute approximate surface area is 178 Å². The van der Waals surface area contributed by atoms with Gasteiger partial charge in [0, 0.05) is 12.1 Å². The van der Waals surface area contributed by atoms with Crippen molar-refractivity contribution in [3.05, 3.63) is 75.3 Å². The van der Waals surface area contributed by atoms with Crippen LogP contribution >= 0.6 is 0 Å². The van der Waals surface area contributed by atoms with Crippen molar-refractivity contribution in [2.45, 2.75) is 40.3 Å². The molecule has 9 heteroatoms. The number of amides is 1. The van der Waals surface area contributed by atoms with Crippen LogP contribution in [0.5, 0.6) is 0 Å². The highest BCUT2D eigenvalue weighted by Gasteiger charge is 2.14. The molecule has 1 amide bonds. The minimum atomic E-state index is -0.140. The predicted molar refractivity (Wildman–Crippen MR) is 115 cm³/mol. The molecule has 0 bridgehead atoms. The van der Waals surface area contributed by atoms with Gasteiger partial charge in [0.15, 0.2) is 5.65 Å². The van der Waals surface area contributed by atoms with Gasteiger partial charge in [0.05, 0.1) is 31.4 Å². The van der Waals surface area contributed by atoms with Crippen LogP contribution in [0.15, 0.2) is 46.1 Å². The predicted octanol–water partition coefficient (Wildman–Crippen LogP) is 1.91. The topological polar surface area (TPSA) is 108 Å². The van der Waals surface area contributed by atoms with E-state index in [0.29, 0.717) is 36.4 Å². The first-order valence-electron chi connectivity index (χ1n) is 10.1. The number of rotatable bonds is 7. The van der Waals surface area contributed by atoms with Gasteiger partial charge in [-0.2, -0.15) is 5.10 Å². The van der Waals surface area contributed by atoms with Crippen molar-refractivity contribution in [2.24, 2.45) is 0 Å². The van der Waals surface area contributed by atoms with E-state index in [1.807, 2.05) is 38.1 Å². The lowest BCUT2D eigenvalue weighted by molar-refractivity contribution is -0.120. The first-order chi connectivity index (χ1) is 14.9. The van der Waals surface area contributed by atoms with Crippen LogP contribution in [0.1, 0.15) is 28.1 Å². The summed E-state index contributed by atoms with van der Waals surface area (Å²) in [5.41, 5.74) is 4.09. The zero-order valence-electron chi connectivity index (χ0n) is 17.8. The quantitative estimate of drug-likeness (QED) is 0.489. The molecule has 0 radical (unpaired) electrons. The summed E-state index contributed by atoms with van der Waals surface area (Å²) in [6.07, 6.45) is 3.28. The van der Waals surface area contributed by atoms with Crippen molar-refractivity contribution in [2.75, 3.05) is 6.54 Å². The van der Waals surface area contributed by atoms with Crippen LogP contribution in [0.25, 0.3) is 11.0 Å². The number of carbonyl (C=O) groups excluding carboxylic acids is 1. The summed E-state index contributed by atoms with van der Waals surface area (Å²) >= 11 is 0. The molecule has 4 aromatic rings. The highest BCUT2D eigenvalue weighted by molar-refractivity contribution is 5.79. The first-order valence-corrected chi connectivity index (χ1v) is 10.1. The zero-order chi connectivity index (χ0) is 22.0. The van der Waals surface area contributed by atoms with Gasteiger partial charge in [-0.1, -0.05) is 35.0 Å². The maximum atomic E-state index is 12.8. The van der Waals surface area contributed by atoms with E-state index in [2.05, 4.69) is 20.6 Å². The Morgan fingerprint density at radius 2 is 1.94 bits per heavy atom. The van der Waals surface area contributed by atoms with Gasteiger partial charge in [-0.3, -0.25) is 14.2 Å². The van der Waals surface area contributed by atoms with E-state index in [-0.39, 0.29) is 17.9 Å². The lowest BCUT2D eigenvalue weighted by Crippen LogP contribution is -2.29. The minimum Gasteiger partial charge on any atom is -0.361 e. The zero-order valence-corrected chi connectivity index (χ0v) is 17.8. The Kier molecular flexibility index (Phi) is 5.66. The molecule has 4 rings (SSSR count). The smallest absolute Gasteiger partial charge is 0.264 e. The average molecular weight is 420 g/mol. The van der Waals surface area contributed by atoms with Gasteiger partial charge in [-0.15, -0.1) is 0 Å². The number of nitrogens with zero attached hydrogens (tertiary/aromatic N) is 5. The molecule has 1 aromatic carbocycles. The number of hydrogen-bond acceptors (Lipinski definition) is 6. The van der Waals surface area contributed by atoms with E-state index in [1.165, 1.54) is 11.8 Å². The van der Waals surface area contributed by atoms with Crippen LogP contribution in [0.2, 0.25) is 0 Å². The van der Waals surface area contributed by atoms with E-state index in [1.54, 1.807) is 22.5 Å². The summed E-state index contributed by atoms with van der Waals surface area (Å²) in [5.74, 6) is 0.524. The van der Waals surface area contributed by atoms with Crippen LogP contribution < -0.4 is 10.9 Å². The molecule has 1 N–H and O–H groups in total. The molecule has 0 aliphatic carbocycles. The fraction of sp³-hybridized carbons (Fsp3) is 0.318. The van der Waals surface area contributed by atoms with Gasteiger partial charge < -0.3 is 9.84 Å². The number of nitrogens with one attached hydrogen (secondary N) is 1. The third kappa shape index (κ3) is 4.40. The van der Waals surface area contributed by atoms with Gasteiger partial charge in [0.1, 0.15) is 17.5 Å². The average Bonchev–Trinajstić information content (AvgIpc) is 3.30. The molecular weight excluding hydrogens is 396 g/mol. The highest BCUT2D eigenvalue weighted by Crippen LogP contribution is 2.12. The summed E-state index contributed by atoms with van der Waals surface area (Å²) in [7, 11) is 0. The summed E-state index contributed by atoms with van der Waals surface area (Å²) in [6.45, 7) is 6.85. The number of aryl methyl sites for hydroxylation is 3. The largest absolute Gasteiger partial charge is 0.361 e. The van der Waals surface area contributed by atoms with E-state index in [4.69, 9.17) is 4.52 Å². The molecule has 9 nitrogen and oxygen atoms in total. The second kappa shape index (κ2) is 8.55. The number of carbonyl (C=O) groups is 1. The van der Waals surface area contributed by atoms with Gasteiger partial charge in [-0.05, 0) is 26.3 Å². The van der Waals surface area contributed by atoms with Crippen LogP contribution in [0.4, 0.5) is 0 Å². The number of hydrogen-bond donors (Lipinski definition) is 1. The Hall–Kier alpha value is -3.75. The normalized spacial score (nSPS) is 11.2. The van der Waals surface area contributed by atoms with Crippen LogP contribution in [-0.2, 0) is 24.3 Å². The molecule has 0 fully saturated rings. The van der Waals surface area contributed by atoms with Gasteiger partial charge in [0.2, 0.25) is 5.91 Å². The lowest BCUT2D eigenvalue weighted by atomic mass is 10.1. The molecule has 0 unspecified atom stereocenters. The van der Waals surface area contributed by atoms with Crippen molar-refractivity contribution in [1.29, 1.82) is 0 Å². The van der Waals surface area contributed by atoms with Crippen LogP contribution in [-0.4, -0.2) is 36.9 Å². The summed E-state index contributed by atoms with van der Waals surface area (Å²) in [4.78, 5) is 29.5. The lowest BCUT2D eigenvalue weighted by Gasteiger charge is -2.08. The molecule has 31 heavy (non-hydrogen) atoms. The van der Waals surface area contributed by atoms with Gasteiger partial charge in [0.25, 0.3) is 5.56 Å². The van der Waals surface area contributed by atoms with Crippen molar-refractivity contribution in [1.82, 2.24) is 29.8 Å². The molecule has 160 valence electrons. The molecule has 0 aliphatic rings. The van der Waals surface area contributed by atoms with Gasteiger partial charge >= 0.3 is 0 Å². The maximum absolute atomic E-state index is 12.8. The number of benzene rings is 1. The van der Waals surface area contributed by atoms with Gasteiger partial charge in [-0.25, -0.2) is 9.67 Å². The standard InChI is InChI=1S/C22H24N6O3/c1-14-4-6-17(7-5-14)12-27-13-24-21-19(22(27)30)11-25-28(21)9-8-23-20(29)10-18-15(2)26-31-16(18)3/h4-7,11,13H,8-10,12H2,1-3H3,(H,23,29). The SMILES string of the molecule is Cc1ccc(Cn2cnc3c(cnn3CCNC(=O)Cc3c(C)noc3C)c2=O)cc1. The molecule has 0 spiro atoms. The van der Waals surface area contributed by atoms with E-state index in [9.17, 15) is 9.59 Å². The van der Waals surface area contributed by atoms with Crippen molar-refractivity contribution in [3.8, 4) is 0 Å². The third-order valence-corrected chi connectivity index (χ3v) is 5.26. The monoisotopic (exact) mass is 420 g/mol. The third-order valence-electron chi connectivity index (χ3n) is 5.26. The molecule has 0 atom stereocenters. The van der Waals surface area contributed by atoms with Crippen molar-refractivity contribution in [3.63, 3.8) is 0 Å². The number of aromatic nitrogens is 5. The Morgan fingerprint density at radius 3 is 2.65 bits per heavy atom. The molecular formula is C22H24N6O3.